The lowest BCUT2D eigenvalue weighted by Gasteiger charge is -2.09. The Hall–Kier alpha value is -1.66. The number of anilines is 1. The summed E-state index contributed by atoms with van der Waals surface area (Å²) in [4.78, 5) is 0. The quantitative estimate of drug-likeness (QED) is 0.641. The fourth-order valence-corrected chi connectivity index (χ4v) is 2.01. The van der Waals surface area contributed by atoms with Gasteiger partial charge in [-0.1, -0.05) is 30.5 Å². The van der Waals surface area contributed by atoms with Crippen LogP contribution >= 0.6 is 11.5 Å². The summed E-state index contributed by atoms with van der Waals surface area (Å²) in [6, 6.07) is 8.06. The first kappa shape index (κ1) is 12.8. The van der Waals surface area contributed by atoms with Gasteiger partial charge in [0.2, 0.25) is 0 Å². The van der Waals surface area contributed by atoms with Crippen molar-refractivity contribution in [3.8, 4) is 5.75 Å². The Labute approximate surface area is 110 Å². The number of aromatic nitrogens is 2. The molecule has 18 heavy (non-hydrogen) atoms. The molecule has 0 atom stereocenters. The Morgan fingerprint density at radius 1 is 1.44 bits per heavy atom. The summed E-state index contributed by atoms with van der Waals surface area (Å²) in [6.07, 6.45) is 0. The van der Waals surface area contributed by atoms with Crippen molar-refractivity contribution in [1.29, 1.82) is 0 Å². The Morgan fingerprint density at radius 2 is 2.28 bits per heavy atom. The second-order valence-corrected chi connectivity index (χ2v) is 4.96. The van der Waals surface area contributed by atoms with Crippen molar-refractivity contribution in [1.82, 2.24) is 9.59 Å². The van der Waals surface area contributed by atoms with Gasteiger partial charge >= 0.3 is 0 Å². The van der Waals surface area contributed by atoms with Crippen molar-refractivity contribution in [2.45, 2.75) is 26.4 Å². The van der Waals surface area contributed by atoms with Crippen LogP contribution in [0.4, 0.5) is 5.00 Å². The molecule has 2 aromatic rings. The zero-order valence-corrected chi connectivity index (χ0v) is 11.2. The maximum Gasteiger partial charge on any atom is 0.150 e. The van der Waals surface area contributed by atoms with Crippen LogP contribution in [0.15, 0.2) is 24.3 Å². The fourth-order valence-electron chi connectivity index (χ4n) is 1.53. The molecule has 0 aliphatic rings. The molecule has 0 amide bonds. The van der Waals surface area contributed by atoms with Gasteiger partial charge in [0.1, 0.15) is 18.1 Å². The average Bonchev–Trinajstić information content (AvgIpc) is 2.84. The zero-order chi connectivity index (χ0) is 13.0. The second-order valence-electron chi connectivity index (χ2n) is 4.21. The molecule has 0 saturated carbocycles. The standard InChI is InChI=1S/C12H16N4OS/c1-8(2)9-4-3-5-10(6-9)17-7-11-12(14-13)18-16-15-11/h3-6,8,14H,7,13H2,1-2H3. The number of ether oxygens (including phenoxy) is 1. The van der Waals surface area contributed by atoms with Crippen LogP contribution in [0.5, 0.6) is 5.75 Å². The number of hydrazine groups is 1. The van der Waals surface area contributed by atoms with E-state index in [2.05, 4.69) is 34.9 Å². The largest absolute Gasteiger partial charge is 0.487 e. The van der Waals surface area contributed by atoms with Crippen LogP contribution in [0.25, 0.3) is 0 Å². The summed E-state index contributed by atoms with van der Waals surface area (Å²) in [7, 11) is 0. The van der Waals surface area contributed by atoms with Crippen molar-refractivity contribution in [2.75, 3.05) is 5.43 Å². The van der Waals surface area contributed by atoms with Crippen LogP contribution in [0.1, 0.15) is 31.0 Å². The van der Waals surface area contributed by atoms with Crippen LogP contribution in [0.3, 0.4) is 0 Å². The number of hydrogen-bond donors (Lipinski definition) is 2. The predicted molar refractivity (Wildman–Crippen MR) is 72.6 cm³/mol. The van der Waals surface area contributed by atoms with Crippen LogP contribution in [0.2, 0.25) is 0 Å². The molecule has 2 rings (SSSR count). The molecule has 6 heteroatoms. The van der Waals surface area contributed by atoms with Gasteiger partial charge in [-0.3, -0.25) is 0 Å². The second kappa shape index (κ2) is 5.79. The smallest absolute Gasteiger partial charge is 0.150 e. The van der Waals surface area contributed by atoms with E-state index in [1.165, 1.54) is 17.1 Å². The topological polar surface area (TPSA) is 73.1 Å². The number of nitrogens with two attached hydrogens (primary N) is 1. The van der Waals surface area contributed by atoms with E-state index in [0.29, 0.717) is 12.5 Å². The number of benzene rings is 1. The number of nitrogens with zero attached hydrogens (tertiary/aromatic N) is 2. The minimum atomic E-state index is 0.359. The molecule has 1 aromatic heterocycles. The minimum absolute atomic E-state index is 0.359. The van der Waals surface area contributed by atoms with Gasteiger partial charge in [0.25, 0.3) is 0 Å². The molecule has 0 aliphatic heterocycles. The van der Waals surface area contributed by atoms with Crippen LogP contribution in [0, 0.1) is 0 Å². The Bertz CT molecular complexity index is 512. The van der Waals surface area contributed by atoms with Gasteiger partial charge in [0.05, 0.1) is 0 Å². The van der Waals surface area contributed by atoms with Gasteiger partial charge in [0.15, 0.2) is 5.00 Å². The molecule has 1 aromatic carbocycles. The van der Waals surface area contributed by atoms with E-state index in [1.807, 2.05) is 18.2 Å². The fraction of sp³-hybridized carbons (Fsp3) is 0.333. The SMILES string of the molecule is CC(C)c1cccc(OCc2nnsc2NN)c1. The summed E-state index contributed by atoms with van der Waals surface area (Å²) >= 11 is 1.22. The van der Waals surface area contributed by atoms with E-state index in [1.54, 1.807) is 0 Å². The van der Waals surface area contributed by atoms with Gasteiger partial charge in [0, 0.05) is 11.5 Å². The normalized spacial score (nSPS) is 10.7. The highest BCUT2D eigenvalue weighted by Gasteiger charge is 2.08. The monoisotopic (exact) mass is 264 g/mol. The van der Waals surface area contributed by atoms with Gasteiger partial charge in [-0.2, -0.15) is 0 Å². The number of nitrogens with one attached hydrogen (secondary N) is 1. The molecular formula is C12H16N4OS. The molecule has 5 nitrogen and oxygen atoms in total. The van der Waals surface area contributed by atoms with E-state index in [-0.39, 0.29) is 0 Å². The lowest BCUT2D eigenvalue weighted by atomic mass is 10.0. The maximum atomic E-state index is 5.69. The number of nitrogen functional groups attached to an aromatic ring is 1. The van der Waals surface area contributed by atoms with E-state index in [0.717, 1.165) is 16.4 Å². The summed E-state index contributed by atoms with van der Waals surface area (Å²) < 4.78 is 9.51. The highest BCUT2D eigenvalue weighted by atomic mass is 32.1. The third-order valence-corrected chi connectivity index (χ3v) is 3.29. The minimum Gasteiger partial charge on any atom is -0.487 e. The van der Waals surface area contributed by atoms with E-state index in [4.69, 9.17) is 10.6 Å². The third kappa shape index (κ3) is 2.96. The van der Waals surface area contributed by atoms with Crippen LogP contribution in [-0.4, -0.2) is 9.59 Å². The Balaban J connectivity index is 2.04. The molecule has 0 spiro atoms. The van der Waals surface area contributed by atoms with Gasteiger partial charge in [-0.05, 0) is 23.6 Å². The highest BCUT2D eigenvalue weighted by molar-refractivity contribution is 7.10. The molecule has 96 valence electrons. The first-order valence-electron chi connectivity index (χ1n) is 5.71. The summed E-state index contributed by atoms with van der Waals surface area (Å²) in [5, 5.41) is 4.69. The van der Waals surface area contributed by atoms with Crippen LogP contribution in [-0.2, 0) is 6.61 Å². The van der Waals surface area contributed by atoms with Crippen molar-refractivity contribution in [2.24, 2.45) is 5.84 Å². The summed E-state index contributed by atoms with van der Waals surface area (Å²) in [5.74, 6) is 6.67. The summed E-state index contributed by atoms with van der Waals surface area (Å²) in [5.41, 5.74) is 4.53. The third-order valence-electron chi connectivity index (χ3n) is 2.59. The van der Waals surface area contributed by atoms with Gasteiger partial charge in [-0.15, -0.1) is 5.10 Å². The van der Waals surface area contributed by atoms with Crippen molar-refractivity contribution in [3.05, 3.63) is 35.5 Å². The van der Waals surface area contributed by atoms with Crippen molar-refractivity contribution < 1.29 is 4.74 Å². The van der Waals surface area contributed by atoms with Gasteiger partial charge in [-0.25, -0.2) is 5.84 Å². The lowest BCUT2D eigenvalue weighted by Crippen LogP contribution is -2.08. The van der Waals surface area contributed by atoms with E-state index < -0.39 is 0 Å². The molecule has 0 unspecified atom stereocenters. The zero-order valence-electron chi connectivity index (χ0n) is 10.4. The average molecular weight is 264 g/mol. The number of rotatable bonds is 5. The van der Waals surface area contributed by atoms with Crippen LogP contribution < -0.4 is 16.0 Å². The predicted octanol–water partition coefficient (Wildman–Crippen LogP) is 2.53. The number of hydrogen-bond acceptors (Lipinski definition) is 6. The molecule has 0 aliphatic carbocycles. The molecule has 0 bridgehead atoms. The molecule has 3 N–H and O–H groups in total. The molecular weight excluding hydrogens is 248 g/mol. The molecule has 1 heterocycles. The highest BCUT2D eigenvalue weighted by Crippen LogP contribution is 2.22. The van der Waals surface area contributed by atoms with Gasteiger partial charge < -0.3 is 10.2 Å². The van der Waals surface area contributed by atoms with E-state index >= 15 is 0 Å². The van der Waals surface area contributed by atoms with E-state index in [9.17, 15) is 0 Å². The summed E-state index contributed by atoms with van der Waals surface area (Å²) in [6.45, 7) is 4.66. The van der Waals surface area contributed by atoms with Crippen molar-refractivity contribution in [3.63, 3.8) is 0 Å². The Kier molecular flexibility index (Phi) is 4.11. The maximum absolute atomic E-state index is 5.69. The molecule has 0 saturated heterocycles. The Morgan fingerprint density at radius 3 is 3.00 bits per heavy atom. The first-order valence-corrected chi connectivity index (χ1v) is 6.48. The van der Waals surface area contributed by atoms with Crippen molar-refractivity contribution >= 4 is 16.5 Å². The molecule has 0 fully saturated rings. The lowest BCUT2D eigenvalue weighted by molar-refractivity contribution is 0.301. The first-order chi connectivity index (χ1) is 8.70. The molecule has 0 radical (unpaired) electrons.